The summed E-state index contributed by atoms with van der Waals surface area (Å²) < 4.78 is 10.9. The van der Waals surface area contributed by atoms with Crippen molar-refractivity contribution in [3.05, 3.63) is 65.7 Å². The predicted molar refractivity (Wildman–Crippen MR) is 85.5 cm³/mol. The van der Waals surface area contributed by atoms with Crippen LogP contribution in [0.15, 0.2) is 54.6 Å². The molecule has 4 heteroatoms. The lowest BCUT2D eigenvalue weighted by Crippen LogP contribution is -2.34. The number of hydrogen-bond acceptors (Lipinski definition) is 3. The van der Waals surface area contributed by atoms with Gasteiger partial charge in [0.1, 0.15) is 11.9 Å². The van der Waals surface area contributed by atoms with Gasteiger partial charge in [0.15, 0.2) is 0 Å². The second-order valence-electron chi connectivity index (χ2n) is 4.97. The largest absolute Gasteiger partial charge is 0.496 e. The fraction of sp³-hybridized carbons (Fsp3) is 0.278. The van der Waals surface area contributed by atoms with E-state index >= 15 is 0 Å². The number of ether oxygens (including phenoxy) is 2. The van der Waals surface area contributed by atoms with Gasteiger partial charge in [-0.1, -0.05) is 48.5 Å². The fourth-order valence-electron chi connectivity index (χ4n) is 2.05. The van der Waals surface area contributed by atoms with Crippen LogP contribution in [0.4, 0.5) is 0 Å². The summed E-state index contributed by atoms with van der Waals surface area (Å²) in [5, 5.41) is 2.87. The molecule has 0 saturated carbocycles. The second kappa shape index (κ2) is 8.20. The Bertz CT molecular complexity index is 598. The highest BCUT2D eigenvalue weighted by Gasteiger charge is 2.13. The van der Waals surface area contributed by atoms with Gasteiger partial charge in [0, 0.05) is 12.1 Å². The summed E-state index contributed by atoms with van der Waals surface area (Å²) in [6.07, 6.45) is -0.505. The molecule has 1 atom stereocenters. The van der Waals surface area contributed by atoms with Crippen molar-refractivity contribution >= 4 is 5.91 Å². The normalized spacial score (nSPS) is 11.7. The molecule has 4 nitrogen and oxygen atoms in total. The number of methoxy groups -OCH3 is 1. The molecule has 1 unspecified atom stereocenters. The van der Waals surface area contributed by atoms with Crippen molar-refractivity contribution in [1.82, 2.24) is 5.32 Å². The van der Waals surface area contributed by atoms with Crippen LogP contribution >= 0.6 is 0 Å². The van der Waals surface area contributed by atoms with Crippen LogP contribution in [0.25, 0.3) is 0 Å². The molecule has 1 N–H and O–H groups in total. The third kappa shape index (κ3) is 4.60. The van der Waals surface area contributed by atoms with Gasteiger partial charge in [-0.15, -0.1) is 0 Å². The summed E-state index contributed by atoms with van der Waals surface area (Å²) in [4.78, 5) is 12.1. The molecule has 0 radical (unpaired) electrons. The van der Waals surface area contributed by atoms with E-state index < -0.39 is 6.10 Å². The Morgan fingerprint density at radius 3 is 2.50 bits per heavy atom. The average Bonchev–Trinajstić information content (AvgIpc) is 2.58. The molecule has 2 aromatic carbocycles. The molecule has 22 heavy (non-hydrogen) atoms. The molecular formula is C18H21NO3. The molecule has 0 spiro atoms. The minimum atomic E-state index is -0.505. The number of amides is 1. The smallest absolute Gasteiger partial charge is 0.249 e. The van der Waals surface area contributed by atoms with Crippen molar-refractivity contribution in [3.8, 4) is 5.75 Å². The third-order valence-corrected chi connectivity index (χ3v) is 3.36. The van der Waals surface area contributed by atoms with Crippen molar-refractivity contribution in [2.24, 2.45) is 0 Å². The minimum Gasteiger partial charge on any atom is -0.496 e. The lowest BCUT2D eigenvalue weighted by Gasteiger charge is -2.14. The number of carbonyl (C=O) groups excluding carboxylic acids is 1. The molecule has 0 heterocycles. The Balaban J connectivity index is 1.81. The summed E-state index contributed by atoms with van der Waals surface area (Å²) in [5.74, 6) is 0.627. The Morgan fingerprint density at radius 2 is 1.77 bits per heavy atom. The van der Waals surface area contributed by atoms with E-state index in [-0.39, 0.29) is 5.91 Å². The zero-order valence-electron chi connectivity index (χ0n) is 12.9. The lowest BCUT2D eigenvalue weighted by molar-refractivity contribution is -0.132. The van der Waals surface area contributed by atoms with Gasteiger partial charge in [-0.05, 0) is 18.6 Å². The van der Waals surface area contributed by atoms with Gasteiger partial charge in [0.25, 0.3) is 0 Å². The first-order valence-corrected chi connectivity index (χ1v) is 7.26. The average molecular weight is 299 g/mol. The third-order valence-electron chi connectivity index (χ3n) is 3.36. The van der Waals surface area contributed by atoms with Crippen LogP contribution in [0, 0.1) is 0 Å². The maximum Gasteiger partial charge on any atom is 0.249 e. The van der Waals surface area contributed by atoms with E-state index in [1.807, 2.05) is 54.6 Å². The SMILES string of the molecule is COc1ccccc1CNC(=O)C(C)OCc1ccccc1. The zero-order valence-corrected chi connectivity index (χ0v) is 12.9. The quantitative estimate of drug-likeness (QED) is 0.855. The minimum absolute atomic E-state index is 0.137. The molecule has 2 rings (SSSR count). The molecule has 0 aliphatic rings. The van der Waals surface area contributed by atoms with Crippen LogP contribution in [-0.2, 0) is 22.7 Å². The van der Waals surface area contributed by atoms with Gasteiger partial charge in [-0.3, -0.25) is 4.79 Å². The summed E-state index contributed by atoms with van der Waals surface area (Å²) >= 11 is 0. The van der Waals surface area contributed by atoms with E-state index in [0.717, 1.165) is 16.9 Å². The van der Waals surface area contributed by atoms with E-state index in [4.69, 9.17) is 9.47 Å². The van der Waals surface area contributed by atoms with Crippen LogP contribution in [0.1, 0.15) is 18.1 Å². The van der Waals surface area contributed by atoms with E-state index in [9.17, 15) is 4.79 Å². The molecule has 0 aromatic heterocycles. The maximum absolute atomic E-state index is 12.1. The highest BCUT2D eigenvalue weighted by atomic mass is 16.5. The van der Waals surface area contributed by atoms with Gasteiger partial charge in [-0.25, -0.2) is 0 Å². The second-order valence-corrected chi connectivity index (χ2v) is 4.97. The lowest BCUT2D eigenvalue weighted by atomic mass is 10.2. The molecule has 2 aromatic rings. The van der Waals surface area contributed by atoms with E-state index in [1.165, 1.54) is 0 Å². The van der Waals surface area contributed by atoms with Crippen molar-refractivity contribution in [2.45, 2.75) is 26.2 Å². The number of hydrogen-bond donors (Lipinski definition) is 1. The predicted octanol–water partition coefficient (Wildman–Crippen LogP) is 2.92. The summed E-state index contributed by atoms with van der Waals surface area (Å²) in [6.45, 7) is 2.59. The Labute approximate surface area is 131 Å². The highest BCUT2D eigenvalue weighted by Crippen LogP contribution is 2.16. The number of benzene rings is 2. The van der Waals surface area contributed by atoms with Crippen molar-refractivity contribution in [3.63, 3.8) is 0 Å². The van der Waals surface area contributed by atoms with Gasteiger partial charge < -0.3 is 14.8 Å². The van der Waals surface area contributed by atoms with E-state index in [0.29, 0.717) is 13.2 Å². The van der Waals surface area contributed by atoms with Crippen molar-refractivity contribution < 1.29 is 14.3 Å². The molecule has 116 valence electrons. The molecule has 0 bridgehead atoms. The zero-order chi connectivity index (χ0) is 15.8. The Hall–Kier alpha value is -2.33. The highest BCUT2D eigenvalue weighted by molar-refractivity contribution is 5.80. The molecular weight excluding hydrogens is 278 g/mol. The fourth-order valence-corrected chi connectivity index (χ4v) is 2.05. The molecule has 0 saturated heterocycles. The standard InChI is InChI=1S/C18H21NO3/c1-14(22-13-15-8-4-3-5-9-15)18(20)19-12-16-10-6-7-11-17(16)21-2/h3-11,14H,12-13H2,1-2H3,(H,19,20). The first-order valence-electron chi connectivity index (χ1n) is 7.26. The molecule has 1 amide bonds. The van der Waals surface area contributed by atoms with Crippen LogP contribution < -0.4 is 10.1 Å². The number of rotatable bonds is 7. The van der Waals surface area contributed by atoms with Gasteiger partial charge >= 0.3 is 0 Å². The monoisotopic (exact) mass is 299 g/mol. The first kappa shape index (κ1) is 16.0. The summed E-state index contributed by atoms with van der Waals surface area (Å²) in [6, 6.07) is 17.4. The Kier molecular flexibility index (Phi) is 5.98. The number of nitrogens with one attached hydrogen (secondary N) is 1. The summed E-state index contributed by atoms with van der Waals surface area (Å²) in [7, 11) is 1.62. The molecule has 0 aliphatic carbocycles. The van der Waals surface area contributed by atoms with Crippen LogP contribution in [-0.4, -0.2) is 19.1 Å². The van der Waals surface area contributed by atoms with Crippen molar-refractivity contribution in [2.75, 3.05) is 7.11 Å². The van der Waals surface area contributed by atoms with Gasteiger partial charge in [-0.2, -0.15) is 0 Å². The van der Waals surface area contributed by atoms with E-state index in [2.05, 4.69) is 5.32 Å². The van der Waals surface area contributed by atoms with Crippen molar-refractivity contribution in [1.29, 1.82) is 0 Å². The maximum atomic E-state index is 12.1. The topological polar surface area (TPSA) is 47.6 Å². The number of carbonyl (C=O) groups is 1. The van der Waals surface area contributed by atoms with Crippen LogP contribution in [0.3, 0.4) is 0 Å². The first-order chi connectivity index (χ1) is 10.7. The van der Waals surface area contributed by atoms with Gasteiger partial charge in [0.2, 0.25) is 5.91 Å². The Morgan fingerprint density at radius 1 is 1.09 bits per heavy atom. The summed E-state index contributed by atoms with van der Waals surface area (Å²) in [5.41, 5.74) is 1.99. The van der Waals surface area contributed by atoms with Crippen LogP contribution in [0.2, 0.25) is 0 Å². The number of para-hydroxylation sites is 1. The molecule has 0 aliphatic heterocycles. The molecule has 0 fully saturated rings. The van der Waals surface area contributed by atoms with Crippen LogP contribution in [0.5, 0.6) is 5.75 Å². The van der Waals surface area contributed by atoms with E-state index in [1.54, 1.807) is 14.0 Å². The van der Waals surface area contributed by atoms with Gasteiger partial charge in [0.05, 0.1) is 13.7 Å².